The number of hydrogen-bond acceptors (Lipinski definition) is 2. The fourth-order valence-corrected chi connectivity index (χ4v) is 6.87. The molecule has 0 aromatic heterocycles. The van der Waals surface area contributed by atoms with Crippen LogP contribution in [0.4, 0.5) is 5.69 Å². The molecule has 3 aliphatic carbocycles. The van der Waals surface area contributed by atoms with Gasteiger partial charge in [-0.25, -0.2) is 0 Å². The van der Waals surface area contributed by atoms with Crippen LogP contribution >= 0.6 is 0 Å². The summed E-state index contributed by atoms with van der Waals surface area (Å²) in [4.78, 5) is 5.54. The van der Waals surface area contributed by atoms with Crippen molar-refractivity contribution >= 4 is 5.69 Å². The first kappa shape index (κ1) is 20.3. The fraction of sp³-hybridized carbons (Fsp3) is 0.467. The molecule has 6 rings (SSSR count). The normalized spacial score (nSPS) is 31.0. The van der Waals surface area contributed by atoms with Crippen molar-refractivity contribution in [2.45, 2.75) is 63.6 Å². The van der Waals surface area contributed by atoms with Crippen molar-refractivity contribution in [1.29, 1.82) is 0 Å². The van der Waals surface area contributed by atoms with Crippen LogP contribution in [-0.2, 0) is 6.54 Å². The zero-order valence-corrected chi connectivity index (χ0v) is 19.2. The molecule has 166 valence electrons. The lowest BCUT2D eigenvalue weighted by atomic mass is 9.93. The van der Waals surface area contributed by atoms with Gasteiger partial charge >= 0.3 is 0 Å². The highest BCUT2D eigenvalue weighted by atomic mass is 15.2. The number of piperidine rings is 1. The summed E-state index contributed by atoms with van der Waals surface area (Å²) in [5, 5.41) is 0. The smallest absolute Gasteiger partial charge is 0.0368 e. The van der Waals surface area contributed by atoms with E-state index in [2.05, 4.69) is 88.7 Å². The lowest BCUT2D eigenvalue weighted by Crippen LogP contribution is -2.43. The number of benzene rings is 2. The number of rotatable bonds is 7. The van der Waals surface area contributed by atoms with Crippen LogP contribution in [0.15, 0.2) is 84.5 Å². The summed E-state index contributed by atoms with van der Waals surface area (Å²) in [6.45, 7) is 3.52. The van der Waals surface area contributed by atoms with Crippen LogP contribution in [-0.4, -0.2) is 30.1 Å². The molecule has 1 spiro atoms. The van der Waals surface area contributed by atoms with Crippen LogP contribution in [0.1, 0.15) is 50.5 Å². The minimum absolute atomic E-state index is 0.524. The predicted octanol–water partition coefficient (Wildman–Crippen LogP) is 6.60. The molecule has 0 radical (unpaired) electrons. The van der Waals surface area contributed by atoms with Crippen LogP contribution in [0.25, 0.3) is 0 Å². The summed E-state index contributed by atoms with van der Waals surface area (Å²) in [5.41, 5.74) is 5.14. The highest BCUT2D eigenvalue weighted by molar-refractivity contribution is 5.51. The summed E-state index contributed by atoms with van der Waals surface area (Å²) in [6.07, 6.45) is 16.6. The molecule has 0 amide bonds. The van der Waals surface area contributed by atoms with Gasteiger partial charge in [0.2, 0.25) is 0 Å². The van der Waals surface area contributed by atoms with Crippen molar-refractivity contribution < 1.29 is 0 Å². The van der Waals surface area contributed by atoms with Gasteiger partial charge in [0, 0.05) is 36.3 Å². The lowest BCUT2D eigenvalue weighted by Gasteiger charge is -2.39. The van der Waals surface area contributed by atoms with Gasteiger partial charge in [-0.15, -0.1) is 0 Å². The van der Waals surface area contributed by atoms with E-state index < -0.39 is 0 Å². The maximum atomic E-state index is 2.78. The predicted molar refractivity (Wildman–Crippen MR) is 134 cm³/mol. The fourth-order valence-electron chi connectivity index (χ4n) is 6.87. The number of hydrogen-bond donors (Lipinski definition) is 0. The van der Waals surface area contributed by atoms with Crippen molar-refractivity contribution in [1.82, 2.24) is 4.90 Å². The third-order valence-electron chi connectivity index (χ3n) is 8.68. The molecule has 2 saturated carbocycles. The van der Waals surface area contributed by atoms with E-state index in [9.17, 15) is 0 Å². The SMILES string of the molecule is C1=CC2CC23CC(N(CCC2CCCCN2Cc2ccccc2)c2ccccc2)CC3=C1. The van der Waals surface area contributed by atoms with E-state index in [-0.39, 0.29) is 0 Å². The van der Waals surface area contributed by atoms with Crippen LogP contribution in [0.2, 0.25) is 0 Å². The largest absolute Gasteiger partial charge is 0.368 e. The molecule has 4 aliphatic rings. The van der Waals surface area contributed by atoms with Crippen molar-refractivity contribution in [3.63, 3.8) is 0 Å². The Morgan fingerprint density at radius 1 is 0.938 bits per heavy atom. The Balaban J connectivity index is 1.18. The van der Waals surface area contributed by atoms with Gasteiger partial charge < -0.3 is 4.90 Å². The Hall–Kier alpha value is -2.32. The molecule has 1 aliphatic heterocycles. The molecular weight excluding hydrogens is 388 g/mol. The van der Waals surface area contributed by atoms with E-state index in [0.717, 1.165) is 12.5 Å². The van der Waals surface area contributed by atoms with Crippen molar-refractivity contribution in [3.05, 3.63) is 90.0 Å². The van der Waals surface area contributed by atoms with Gasteiger partial charge in [0.25, 0.3) is 0 Å². The first-order chi connectivity index (χ1) is 15.8. The van der Waals surface area contributed by atoms with Gasteiger partial charge in [-0.1, -0.05) is 78.8 Å². The lowest BCUT2D eigenvalue weighted by molar-refractivity contribution is 0.133. The summed E-state index contributed by atoms with van der Waals surface area (Å²) < 4.78 is 0. The highest BCUT2D eigenvalue weighted by Gasteiger charge is 2.60. The van der Waals surface area contributed by atoms with Gasteiger partial charge in [-0.05, 0) is 68.7 Å². The molecular formula is C30H36N2. The summed E-state index contributed by atoms with van der Waals surface area (Å²) >= 11 is 0. The van der Waals surface area contributed by atoms with Crippen LogP contribution in [0.5, 0.6) is 0 Å². The first-order valence-electron chi connectivity index (χ1n) is 12.8. The molecule has 32 heavy (non-hydrogen) atoms. The number of anilines is 1. The summed E-state index contributed by atoms with van der Waals surface area (Å²) in [7, 11) is 0. The van der Waals surface area contributed by atoms with Crippen molar-refractivity contribution in [2.24, 2.45) is 11.3 Å². The molecule has 2 heteroatoms. The average molecular weight is 425 g/mol. The Morgan fingerprint density at radius 2 is 1.75 bits per heavy atom. The van der Waals surface area contributed by atoms with E-state index in [1.54, 1.807) is 5.57 Å². The zero-order chi connectivity index (χ0) is 21.4. The quantitative estimate of drug-likeness (QED) is 0.494. The Bertz CT molecular complexity index is 978. The average Bonchev–Trinajstić information content (AvgIpc) is 3.44. The third kappa shape index (κ3) is 3.83. The molecule has 2 aromatic carbocycles. The van der Waals surface area contributed by atoms with E-state index in [1.807, 2.05) is 0 Å². The minimum atomic E-state index is 0.524. The molecule has 0 N–H and O–H groups in total. The molecule has 2 nitrogen and oxygen atoms in total. The molecule has 0 bridgehead atoms. The van der Waals surface area contributed by atoms with Crippen LogP contribution in [0.3, 0.4) is 0 Å². The third-order valence-corrected chi connectivity index (χ3v) is 8.68. The van der Waals surface area contributed by atoms with E-state index in [1.165, 1.54) is 69.3 Å². The first-order valence-corrected chi connectivity index (χ1v) is 12.8. The van der Waals surface area contributed by atoms with E-state index in [4.69, 9.17) is 0 Å². The topological polar surface area (TPSA) is 6.48 Å². The number of nitrogens with zero attached hydrogens (tertiary/aromatic N) is 2. The molecule has 4 unspecified atom stereocenters. The second-order valence-corrected chi connectivity index (χ2v) is 10.5. The molecule has 2 aromatic rings. The molecule has 1 saturated heterocycles. The Morgan fingerprint density at radius 3 is 2.56 bits per heavy atom. The number of para-hydroxylation sites is 1. The Labute approximate surface area is 193 Å². The second-order valence-electron chi connectivity index (χ2n) is 10.5. The van der Waals surface area contributed by atoms with Crippen LogP contribution < -0.4 is 4.90 Å². The maximum Gasteiger partial charge on any atom is 0.0368 e. The van der Waals surface area contributed by atoms with Gasteiger partial charge in [-0.2, -0.15) is 0 Å². The van der Waals surface area contributed by atoms with Gasteiger partial charge in [0.1, 0.15) is 0 Å². The summed E-state index contributed by atoms with van der Waals surface area (Å²) in [5.74, 6) is 0.824. The second kappa shape index (κ2) is 8.56. The van der Waals surface area contributed by atoms with E-state index in [0.29, 0.717) is 17.5 Å². The number of allylic oxidation sites excluding steroid dienone is 3. The van der Waals surface area contributed by atoms with Gasteiger partial charge in [-0.3, -0.25) is 4.90 Å². The highest BCUT2D eigenvalue weighted by Crippen LogP contribution is 2.68. The standard InChI is InChI=1S/C30H36N2/c1-3-10-24(11-4-1)23-31-18-8-7-14-27(31)17-19-32(28-15-5-2-6-16-28)29-20-25-12-9-13-26-21-30(25,26)22-29/h1-6,9-13,15-16,26-27,29H,7-8,14,17-23H2. The monoisotopic (exact) mass is 424 g/mol. The molecule has 1 heterocycles. The maximum absolute atomic E-state index is 2.78. The van der Waals surface area contributed by atoms with E-state index >= 15 is 0 Å². The Kier molecular flexibility index (Phi) is 5.43. The van der Waals surface area contributed by atoms with Gasteiger partial charge in [0.05, 0.1) is 0 Å². The molecule has 3 fully saturated rings. The number of likely N-dealkylation sites (tertiary alicyclic amines) is 1. The van der Waals surface area contributed by atoms with Crippen molar-refractivity contribution in [2.75, 3.05) is 18.0 Å². The molecule has 4 atom stereocenters. The van der Waals surface area contributed by atoms with Crippen LogP contribution in [0, 0.1) is 11.3 Å². The zero-order valence-electron chi connectivity index (χ0n) is 19.2. The van der Waals surface area contributed by atoms with Gasteiger partial charge in [0.15, 0.2) is 0 Å². The minimum Gasteiger partial charge on any atom is -0.368 e. The van der Waals surface area contributed by atoms with Crippen molar-refractivity contribution in [3.8, 4) is 0 Å². The summed E-state index contributed by atoms with van der Waals surface area (Å²) in [6, 6.07) is 23.7.